The van der Waals surface area contributed by atoms with E-state index < -0.39 is 0 Å². The third-order valence-electron chi connectivity index (χ3n) is 2.61. The van der Waals surface area contributed by atoms with E-state index in [2.05, 4.69) is 15.4 Å². The molecule has 0 bridgehead atoms. The average Bonchev–Trinajstić information content (AvgIpc) is 2.98. The first-order valence-electron chi connectivity index (χ1n) is 5.44. The molecule has 3 rings (SSSR count). The lowest BCUT2D eigenvalue weighted by molar-refractivity contribution is 0.436. The fourth-order valence-corrected chi connectivity index (χ4v) is 1.70. The van der Waals surface area contributed by atoms with Crippen molar-refractivity contribution in [2.24, 2.45) is 0 Å². The predicted octanol–water partition coefficient (Wildman–Crippen LogP) is 1.81. The lowest BCUT2D eigenvalue weighted by Crippen LogP contribution is -1.98. The van der Waals surface area contributed by atoms with Gasteiger partial charge in [-0.1, -0.05) is 17.3 Å². The zero-order chi connectivity index (χ0) is 12.5. The van der Waals surface area contributed by atoms with Crippen LogP contribution in [0.25, 0.3) is 16.8 Å². The van der Waals surface area contributed by atoms with Gasteiger partial charge in [0.1, 0.15) is 0 Å². The number of nitrogens with two attached hydrogens (primary N) is 1. The van der Waals surface area contributed by atoms with Crippen LogP contribution < -0.4 is 5.73 Å². The maximum atomic E-state index is 5.67. The molecule has 6 nitrogen and oxygen atoms in total. The van der Waals surface area contributed by atoms with Gasteiger partial charge in [0, 0.05) is 0 Å². The topological polar surface area (TPSA) is 82.8 Å². The Morgan fingerprint density at radius 2 is 1.94 bits per heavy atom. The van der Waals surface area contributed by atoms with Crippen molar-refractivity contribution >= 4 is 5.88 Å². The predicted molar refractivity (Wildman–Crippen MR) is 66.0 cm³/mol. The molecule has 0 aliphatic carbocycles. The monoisotopic (exact) mass is 241 g/mol. The number of benzene rings is 1. The smallest absolute Gasteiger partial charge is 0.229 e. The highest BCUT2D eigenvalue weighted by Crippen LogP contribution is 2.25. The summed E-state index contributed by atoms with van der Waals surface area (Å²) in [4.78, 5) is 1.58. The second-order valence-corrected chi connectivity index (χ2v) is 3.93. The summed E-state index contributed by atoms with van der Waals surface area (Å²) in [6.45, 7) is 1.90. The molecular formula is C12H11N5O. The molecule has 1 aromatic carbocycles. The number of rotatable bonds is 2. The number of aryl methyl sites for hydroxylation is 1. The second kappa shape index (κ2) is 3.99. The first-order chi connectivity index (χ1) is 8.74. The fraction of sp³-hybridized carbons (Fsp3) is 0.0833. The fourth-order valence-electron chi connectivity index (χ4n) is 1.70. The first-order valence-corrected chi connectivity index (χ1v) is 5.44. The third kappa shape index (κ3) is 1.73. The van der Waals surface area contributed by atoms with E-state index >= 15 is 0 Å². The number of aromatic nitrogens is 4. The molecule has 0 saturated heterocycles. The first kappa shape index (κ1) is 10.5. The van der Waals surface area contributed by atoms with E-state index in [4.69, 9.17) is 10.3 Å². The number of hydrogen-bond donors (Lipinski definition) is 1. The summed E-state index contributed by atoms with van der Waals surface area (Å²) in [7, 11) is 0. The van der Waals surface area contributed by atoms with Gasteiger partial charge in [-0.2, -0.15) is 15.0 Å². The molecule has 2 aromatic heterocycles. The zero-order valence-corrected chi connectivity index (χ0v) is 9.74. The van der Waals surface area contributed by atoms with Crippen LogP contribution in [0.4, 0.5) is 5.88 Å². The van der Waals surface area contributed by atoms with Crippen molar-refractivity contribution in [1.29, 1.82) is 0 Å². The van der Waals surface area contributed by atoms with Gasteiger partial charge in [0.05, 0.1) is 29.3 Å². The van der Waals surface area contributed by atoms with Crippen LogP contribution in [-0.2, 0) is 0 Å². The van der Waals surface area contributed by atoms with Gasteiger partial charge in [-0.05, 0) is 24.6 Å². The molecule has 0 fully saturated rings. The van der Waals surface area contributed by atoms with Gasteiger partial charge in [0.25, 0.3) is 0 Å². The van der Waals surface area contributed by atoms with Crippen molar-refractivity contribution in [2.75, 3.05) is 5.73 Å². The van der Waals surface area contributed by atoms with Gasteiger partial charge in [0.2, 0.25) is 5.88 Å². The van der Waals surface area contributed by atoms with Gasteiger partial charge in [-0.25, -0.2) is 0 Å². The molecule has 2 heterocycles. The highest BCUT2D eigenvalue weighted by atomic mass is 16.5. The molecule has 0 spiro atoms. The largest absolute Gasteiger partial charge is 0.367 e. The van der Waals surface area contributed by atoms with Crippen molar-refractivity contribution in [3.63, 3.8) is 0 Å². The Kier molecular flexibility index (Phi) is 2.33. The molecule has 0 unspecified atom stereocenters. The van der Waals surface area contributed by atoms with Crippen LogP contribution in [0, 0.1) is 6.92 Å². The maximum Gasteiger partial charge on any atom is 0.229 e. The Balaban J connectivity index is 1.97. The standard InChI is InChI=1S/C12H11N5O/c1-8-6-14-17(16-8)10-4-2-9(3-5-10)11-7-15-18-12(11)13/h2-7H,13H2,1H3. The molecule has 0 atom stereocenters. The number of nitrogens with zero attached hydrogens (tertiary/aromatic N) is 4. The van der Waals surface area contributed by atoms with E-state index in [0.717, 1.165) is 22.5 Å². The number of anilines is 1. The molecule has 90 valence electrons. The van der Waals surface area contributed by atoms with Crippen LogP contribution in [0.15, 0.2) is 41.2 Å². The highest BCUT2D eigenvalue weighted by molar-refractivity contribution is 5.72. The van der Waals surface area contributed by atoms with Gasteiger partial charge < -0.3 is 10.3 Å². The van der Waals surface area contributed by atoms with Crippen molar-refractivity contribution in [3.8, 4) is 16.8 Å². The van der Waals surface area contributed by atoms with Gasteiger partial charge >= 0.3 is 0 Å². The molecular weight excluding hydrogens is 230 g/mol. The Morgan fingerprint density at radius 1 is 1.17 bits per heavy atom. The maximum absolute atomic E-state index is 5.67. The van der Waals surface area contributed by atoms with Crippen LogP contribution in [0.1, 0.15) is 5.69 Å². The van der Waals surface area contributed by atoms with Crippen molar-refractivity contribution in [3.05, 3.63) is 42.4 Å². The minimum absolute atomic E-state index is 0.316. The quantitative estimate of drug-likeness (QED) is 0.739. The molecule has 0 aliphatic heterocycles. The van der Waals surface area contributed by atoms with Crippen LogP contribution in [-0.4, -0.2) is 20.2 Å². The van der Waals surface area contributed by atoms with Crippen LogP contribution in [0.5, 0.6) is 0 Å². The van der Waals surface area contributed by atoms with Crippen LogP contribution in [0.3, 0.4) is 0 Å². The summed E-state index contributed by atoms with van der Waals surface area (Å²) in [5.41, 5.74) is 9.16. The Hall–Kier alpha value is -2.63. The van der Waals surface area contributed by atoms with Crippen LogP contribution >= 0.6 is 0 Å². The van der Waals surface area contributed by atoms with Crippen molar-refractivity contribution in [2.45, 2.75) is 6.92 Å². The van der Waals surface area contributed by atoms with E-state index in [0.29, 0.717) is 5.88 Å². The summed E-state index contributed by atoms with van der Waals surface area (Å²) in [5.74, 6) is 0.316. The van der Waals surface area contributed by atoms with E-state index in [-0.39, 0.29) is 0 Å². The molecule has 0 radical (unpaired) electrons. The number of nitrogen functional groups attached to an aromatic ring is 1. The van der Waals surface area contributed by atoms with Gasteiger partial charge in [0.15, 0.2) is 0 Å². The van der Waals surface area contributed by atoms with Gasteiger partial charge in [-0.3, -0.25) is 0 Å². The summed E-state index contributed by atoms with van der Waals surface area (Å²) in [6.07, 6.45) is 3.31. The summed E-state index contributed by atoms with van der Waals surface area (Å²) >= 11 is 0. The Bertz CT molecular complexity index is 668. The van der Waals surface area contributed by atoms with E-state index in [1.165, 1.54) is 0 Å². The average molecular weight is 241 g/mol. The second-order valence-electron chi connectivity index (χ2n) is 3.93. The van der Waals surface area contributed by atoms with E-state index in [1.54, 1.807) is 17.2 Å². The van der Waals surface area contributed by atoms with Crippen molar-refractivity contribution in [1.82, 2.24) is 20.2 Å². The minimum atomic E-state index is 0.316. The summed E-state index contributed by atoms with van der Waals surface area (Å²) in [5, 5.41) is 12.0. The summed E-state index contributed by atoms with van der Waals surface area (Å²) < 4.78 is 4.83. The molecule has 2 N–H and O–H groups in total. The van der Waals surface area contributed by atoms with E-state index in [9.17, 15) is 0 Å². The summed E-state index contributed by atoms with van der Waals surface area (Å²) in [6, 6.07) is 7.69. The van der Waals surface area contributed by atoms with Crippen LogP contribution in [0.2, 0.25) is 0 Å². The van der Waals surface area contributed by atoms with Gasteiger partial charge in [-0.15, -0.1) is 0 Å². The van der Waals surface area contributed by atoms with Crippen molar-refractivity contribution < 1.29 is 4.52 Å². The molecule has 0 aliphatic rings. The molecule has 3 aromatic rings. The number of hydrogen-bond acceptors (Lipinski definition) is 5. The van der Waals surface area contributed by atoms with E-state index in [1.807, 2.05) is 31.2 Å². The Morgan fingerprint density at radius 3 is 2.50 bits per heavy atom. The third-order valence-corrected chi connectivity index (χ3v) is 2.61. The zero-order valence-electron chi connectivity index (χ0n) is 9.74. The molecule has 0 amide bonds. The normalized spacial score (nSPS) is 10.7. The molecule has 18 heavy (non-hydrogen) atoms. The lowest BCUT2D eigenvalue weighted by Gasteiger charge is -2.01. The highest BCUT2D eigenvalue weighted by Gasteiger charge is 2.07. The Labute approximate surface area is 103 Å². The molecule has 6 heteroatoms. The lowest BCUT2D eigenvalue weighted by atomic mass is 10.1. The molecule has 0 saturated carbocycles. The minimum Gasteiger partial charge on any atom is -0.367 e. The SMILES string of the molecule is Cc1cnn(-c2ccc(-c3cnoc3N)cc2)n1.